The summed E-state index contributed by atoms with van der Waals surface area (Å²) in [6, 6.07) is 9.78. The first-order chi connectivity index (χ1) is 16.2. The van der Waals surface area contributed by atoms with E-state index in [1.54, 1.807) is 12.3 Å². The van der Waals surface area contributed by atoms with Crippen molar-refractivity contribution in [3.8, 4) is 0 Å². The van der Waals surface area contributed by atoms with Gasteiger partial charge in [0.05, 0.1) is 16.1 Å². The standard InChI is InChI=1S/C22H18BrF3N4O3S/c23-17-11-14(24)12-19(26)21(17)28-22(31)16-13-15(4-5-18(16)25)34(32,33)30-9-7-29(8-10-30)20-3-1-2-6-27-20/h1-6,11-13H,7-10H2,(H,28,31). The largest absolute Gasteiger partial charge is 0.354 e. The van der Waals surface area contributed by atoms with E-state index in [4.69, 9.17) is 0 Å². The fourth-order valence-electron chi connectivity index (χ4n) is 3.53. The number of piperazine rings is 1. The molecule has 0 bridgehead atoms. The Bertz CT molecular complexity index is 1310. The topological polar surface area (TPSA) is 82.6 Å². The van der Waals surface area contributed by atoms with Crippen LogP contribution in [0.1, 0.15) is 10.4 Å². The Kier molecular flexibility index (Phi) is 6.91. The number of aromatic nitrogens is 1. The van der Waals surface area contributed by atoms with Crippen molar-refractivity contribution in [1.82, 2.24) is 9.29 Å². The lowest BCUT2D eigenvalue weighted by molar-refractivity contribution is 0.102. The molecule has 178 valence electrons. The van der Waals surface area contributed by atoms with Crippen molar-refractivity contribution in [2.45, 2.75) is 4.90 Å². The van der Waals surface area contributed by atoms with Crippen molar-refractivity contribution in [2.75, 3.05) is 36.4 Å². The number of nitrogens with zero attached hydrogens (tertiary/aromatic N) is 3. The molecule has 0 saturated carbocycles. The molecule has 7 nitrogen and oxygen atoms in total. The molecule has 1 aromatic heterocycles. The molecule has 0 atom stereocenters. The molecule has 1 aliphatic heterocycles. The minimum atomic E-state index is -4.03. The number of halogens is 4. The van der Waals surface area contributed by atoms with Gasteiger partial charge in [0.15, 0.2) is 5.82 Å². The predicted octanol–water partition coefficient (Wildman–Crippen LogP) is 4.02. The van der Waals surface area contributed by atoms with Crippen molar-refractivity contribution in [2.24, 2.45) is 0 Å². The Labute approximate surface area is 202 Å². The molecule has 1 saturated heterocycles. The maximum Gasteiger partial charge on any atom is 0.258 e. The lowest BCUT2D eigenvalue weighted by Crippen LogP contribution is -2.48. The van der Waals surface area contributed by atoms with Crippen molar-refractivity contribution in [3.05, 3.63) is 82.2 Å². The number of sulfonamides is 1. The third-order valence-electron chi connectivity index (χ3n) is 5.28. The van der Waals surface area contributed by atoms with Crippen LogP contribution in [0.25, 0.3) is 0 Å². The monoisotopic (exact) mass is 554 g/mol. The van der Waals surface area contributed by atoms with Gasteiger partial charge in [0.1, 0.15) is 17.5 Å². The van der Waals surface area contributed by atoms with Gasteiger partial charge in [0.25, 0.3) is 5.91 Å². The molecule has 12 heteroatoms. The molecule has 2 heterocycles. The number of hydrogen-bond acceptors (Lipinski definition) is 5. The number of carbonyl (C=O) groups is 1. The average molecular weight is 555 g/mol. The van der Waals surface area contributed by atoms with Crippen molar-refractivity contribution < 1.29 is 26.4 Å². The number of benzene rings is 2. The van der Waals surface area contributed by atoms with E-state index in [0.717, 1.165) is 30.1 Å². The van der Waals surface area contributed by atoms with E-state index in [2.05, 4.69) is 26.2 Å². The summed E-state index contributed by atoms with van der Waals surface area (Å²) < 4.78 is 69.2. The summed E-state index contributed by atoms with van der Waals surface area (Å²) in [4.78, 5) is 18.6. The number of hydrogen-bond donors (Lipinski definition) is 1. The SMILES string of the molecule is O=C(Nc1c(F)cc(F)cc1Br)c1cc(S(=O)(=O)N2CCN(c3ccccn3)CC2)ccc1F. The van der Waals surface area contributed by atoms with E-state index in [-0.39, 0.29) is 22.5 Å². The highest BCUT2D eigenvalue weighted by molar-refractivity contribution is 9.10. The summed E-state index contributed by atoms with van der Waals surface area (Å²) >= 11 is 2.94. The molecule has 0 radical (unpaired) electrons. The minimum Gasteiger partial charge on any atom is -0.354 e. The van der Waals surface area contributed by atoms with Gasteiger partial charge in [-0.05, 0) is 52.3 Å². The van der Waals surface area contributed by atoms with E-state index in [0.29, 0.717) is 19.2 Å². The smallest absolute Gasteiger partial charge is 0.258 e. The van der Waals surface area contributed by atoms with E-state index >= 15 is 0 Å². The molecule has 4 rings (SSSR count). The highest BCUT2D eigenvalue weighted by Crippen LogP contribution is 2.28. The number of anilines is 2. The summed E-state index contributed by atoms with van der Waals surface area (Å²) in [6.45, 7) is 1.16. The summed E-state index contributed by atoms with van der Waals surface area (Å²) in [6.07, 6.45) is 1.65. The van der Waals surface area contributed by atoms with Crippen molar-refractivity contribution in [3.63, 3.8) is 0 Å². The fraction of sp³-hybridized carbons (Fsp3) is 0.182. The summed E-state index contributed by atoms with van der Waals surface area (Å²) in [5.74, 6) is -3.28. The molecule has 1 fully saturated rings. The fourth-order valence-corrected chi connectivity index (χ4v) is 5.48. The maximum atomic E-state index is 14.4. The van der Waals surface area contributed by atoms with E-state index in [1.165, 1.54) is 4.31 Å². The van der Waals surface area contributed by atoms with E-state index in [1.807, 2.05) is 17.0 Å². The Balaban J connectivity index is 1.54. The normalized spacial score (nSPS) is 14.8. The van der Waals surface area contributed by atoms with Gasteiger partial charge in [-0.2, -0.15) is 4.31 Å². The highest BCUT2D eigenvalue weighted by atomic mass is 79.9. The Morgan fingerprint density at radius 2 is 1.71 bits per heavy atom. The van der Waals surface area contributed by atoms with E-state index in [9.17, 15) is 26.4 Å². The second-order valence-corrected chi connectivity index (χ2v) is 10.2. The van der Waals surface area contributed by atoms with Crippen LogP contribution < -0.4 is 10.2 Å². The first-order valence-corrected chi connectivity index (χ1v) is 12.3. The van der Waals surface area contributed by atoms with Crippen molar-refractivity contribution >= 4 is 43.4 Å². The van der Waals surface area contributed by atoms with Gasteiger partial charge in [0.2, 0.25) is 10.0 Å². The molecule has 3 aromatic rings. The quantitative estimate of drug-likeness (QED) is 0.515. The Morgan fingerprint density at radius 3 is 2.35 bits per heavy atom. The molecule has 2 aromatic carbocycles. The van der Waals surface area contributed by atoms with Crippen LogP contribution >= 0.6 is 15.9 Å². The maximum absolute atomic E-state index is 14.4. The molecular formula is C22H18BrF3N4O3S. The minimum absolute atomic E-state index is 0.0895. The van der Waals surface area contributed by atoms with E-state index < -0.39 is 44.6 Å². The lowest BCUT2D eigenvalue weighted by atomic mass is 10.2. The van der Waals surface area contributed by atoms with Gasteiger partial charge in [-0.25, -0.2) is 26.6 Å². The molecule has 0 spiro atoms. The Morgan fingerprint density at radius 1 is 0.971 bits per heavy atom. The molecule has 0 unspecified atom stereocenters. The average Bonchev–Trinajstić information content (AvgIpc) is 2.82. The van der Waals surface area contributed by atoms with Gasteiger partial charge < -0.3 is 10.2 Å². The molecule has 1 amide bonds. The summed E-state index contributed by atoms with van der Waals surface area (Å²) in [7, 11) is -4.03. The van der Waals surface area contributed by atoms with Gasteiger partial charge in [-0.1, -0.05) is 6.07 Å². The molecular weight excluding hydrogens is 537 g/mol. The number of pyridine rings is 1. The second-order valence-electron chi connectivity index (χ2n) is 7.42. The Hall–Kier alpha value is -2.96. The third-order valence-corrected chi connectivity index (χ3v) is 7.80. The number of nitrogens with one attached hydrogen (secondary N) is 1. The van der Waals surface area contributed by atoms with Crippen LogP contribution in [0.5, 0.6) is 0 Å². The van der Waals surface area contributed by atoms with Crippen LogP contribution in [-0.2, 0) is 10.0 Å². The first kappa shape index (κ1) is 24.2. The van der Waals surface area contributed by atoms with Gasteiger partial charge in [-0.3, -0.25) is 4.79 Å². The molecule has 1 N–H and O–H groups in total. The van der Waals surface area contributed by atoms with Crippen LogP contribution in [-0.4, -0.2) is 49.8 Å². The van der Waals surface area contributed by atoms with Gasteiger partial charge >= 0.3 is 0 Å². The number of amides is 1. The molecule has 0 aliphatic carbocycles. The predicted molar refractivity (Wildman–Crippen MR) is 124 cm³/mol. The highest BCUT2D eigenvalue weighted by Gasteiger charge is 2.30. The zero-order valence-corrected chi connectivity index (χ0v) is 19.9. The number of carbonyl (C=O) groups excluding carboxylic acids is 1. The molecule has 34 heavy (non-hydrogen) atoms. The van der Waals surface area contributed by atoms with Gasteiger partial charge in [-0.15, -0.1) is 0 Å². The zero-order valence-electron chi connectivity index (χ0n) is 17.5. The summed E-state index contributed by atoms with van der Waals surface area (Å²) in [5, 5.41) is 2.16. The molecule has 1 aliphatic rings. The van der Waals surface area contributed by atoms with Crippen LogP contribution in [0.4, 0.5) is 24.7 Å². The third kappa shape index (κ3) is 4.93. The van der Waals surface area contributed by atoms with Gasteiger partial charge in [0, 0.05) is 42.9 Å². The number of rotatable bonds is 5. The summed E-state index contributed by atoms with van der Waals surface area (Å²) in [5.41, 5.74) is -0.992. The second kappa shape index (κ2) is 9.72. The van der Waals surface area contributed by atoms with Crippen LogP contribution in [0.15, 0.2) is 64.1 Å². The van der Waals surface area contributed by atoms with Crippen molar-refractivity contribution in [1.29, 1.82) is 0 Å². The lowest BCUT2D eigenvalue weighted by Gasteiger charge is -2.34. The van der Waals surface area contributed by atoms with Crippen LogP contribution in [0, 0.1) is 17.5 Å². The zero-order chi connectivity index (χ0) is 24.5. The van der Waals surface area contributed by atoms with Crippen LogP contribution in [0.2, 0.25) is 0 Å². The van der Waals surface area contributed by atoms with Crippen LogP contribution in [0.3, 0.4) is 0 Å². The first-order valence-electron chi connectivity index (χ1n) is 10.1.